The van der Waals surface area contributed by atoms with E-state index in [-0.39, 0.29) is 31.1 Å². The molecule has 1 unspecified atom stereocenters. The van der Waals surface area contributed by atoms with Crippen LogP contribution in [0.4, 0.5) is 0 Å². The van der Waals surface area contributed by atoms with Crippen LogP contribution in [0.15, 0.2) is 72.9 Å². The van der Waals surface area contributed by atoms with Crippen LogP contribution in [0.2, 0.25) is 0 Å². The SMILES string of the molecule is CC/C=C\C/C=C\C/C=C\CCCCCC(=O)OC(COC(=O)CCCCCCC/C=C\CCC)COC(=O)CCCCCCCCCCCCCCCCCCCCCCC/C=C\C/C=C\CCCCCCC. The van der Waals surface area contributed by atoms with Crippen molar-refractivity contribution in [1.82, 2.24) is 0 Å². The molecular weight excluding hydrogens is 913 g/mol. The highest BCUT2D eigenvalue weighted by atomic mass is 16.6. The molecule has 1 atom stereocenters. The van der Waals surface area contributed by atoms with E-state index in [0.717, 1.165) is 103 Å². The second-order valence-electron chi connectivity index (χ2n) is 21.3. The molecule has 428 valence electrons. The number of hydrogen-bond acceptors (Lipinski definition) is 6. The van der Waals surface area contributed by atoms with Gasteiger partial charge in [0, 0.05) is 19.3 Å². The zero-order valence-corrected chi connectivity index (χ0v) is 49.1. The van der Waals surface area contributed by atoms with Crippen molar-refractivity contribution in [3.63, 3.8) is 0 Å². The van der Waals surface area contributed by atoms with E-state index in [1.54, 1.807) is 0 Å². The van der Waals surface area contributed by atoms with Gasteiger partial charge in [0.2, 0.25) is 0 Å². The third kappa shape index (κ3) is 59.7. The number of esters is 3. The van der Waals surface area contributed by atoms with Gasteiger partial charge in [-0.05, 0) is 103 Å². The minimum absolute atomic E-state index is 0.0874. The Bertz CT molecular complexity index is 1370. The van der Waals surface area contributed by atoms with Gasteiger partial charge < -0.3 is 14.2 Å². The van der Waals surface area contributed by atoms with Crippen molar-refractivity contribution in [2.45, 2.75) is 329 Å². The molecule has 0 bridgehead atoms. The van der Waals surface area contributed by atoms with Gasteiger partial charge in [-0.25, -0.2) is 0 Å². The van der Waals surface area contributed by atoms with Gasteiger partial charge in [0.15, 0.2) is 6.10 Å². The highest BCUT2D eigenvalue weighted by molar-refractivity contribution is 5.71. The minimum Gasteiger partial charge on any atom is -0.462 e. The van der Waals surface area contributed by atoms with Crippen LogP contribution in [0.5, 0.6) is 0 Å². The number of unbranched alkanes of at least 4 members (excludes halogenated alkanes) is 35. The molecule has 0 aromatic rings. The molecule has 0 amide bonds. The Morgan fingerprint density at radius 1 is 0.284 bits per heavy atom. The smallest absolute Gasteiger partial charge is 0.306 e. The molecule has 0 fully saturated rings. The average molecular weight is 1030 g/mol. The lowest BCUT2D eigenvalue weighted by Gasteiger charge is -2.18. The number of carbonyl (C=O) groups is 3. The molecule has 0 spiro atoms. The number of rotatable bonds is 58. The van der Waals surface area contributed by atoms with Crippen LogP contribution in [0.25, 0.3) is 0 Å². The predicted octanol–water partition coefficient (Wildman–Crippen LogP) is 21.7. The summed E-state index contributed by atoms with van der Waals surface area (Å²) >= 11 is 0. The van der Waals surface area contributed by atoms with Crippen LogP contribution in [0.3, 0.4) is 0 Å². The zero-order valence-electron chi connectivity index (χ0n) is 49.1. The molecular formula is C68H120O6. The minimum atomic E-state index is -0.791. The fraction of sp³-hybridized carbons (Fsp3) is 0.779. The molecule has 0 aromatic carbocycles. The molecule has 0 saturated heterocycles. The summed E-state index contributed by atoms with van der Waals surface area (Å²) in [5, 5.41) is 0. The largest absolute Gasteiger partial charge is 0.462 e. The highest BCUT2D eigenvalue weighted by Gasteiger charge is 2.19. The molecule has 6 heteroatoms. The first-order valence-corrected chi connectivity index (χ1v) is 31.9. The lowest BCUT2D eigenvalue weighted by molar-refractivity contribution is -0.167. The van der Waals surface area contributed by atoms with Crippen molar-refractivity contribution in [2.75, 3.05) is 13.2 Å². The van der Waals surface area contributed by atoms with E-state index < -0.39 is 6.10 Å². The highest BCUT2D eigenvalue weighted by Crippen LogP contribution is 2.17. The fourth-order valence-electron chi connectivity index (χ4n) is 9.14. The van der Waals surface area contributed by atoms with E-state index in [2.05, 4.69) is 93.7 Å². The summed E-state index contributed by atoms with van der Waals surface area (Å²) in [6.07, 6.45) is 80.9. The summed E-state index contributed by atoms with van der Waals surface area (Å²) in [5.41, 5.74) is 0. The van der Waals surface area contributed by atoms with Gasteiger partial charge in [-0.1, -0.05) is 273 Å². The summed E-state index contributed by atoms with van der Waals surface area (Å²) in [7, 11) is 0. The summed E-state index contributed by atoms with van der Waals surface area (Å²) in [5.74, 6) is -0.919. The normalized spacial score (nSPS) is 12.5. The Morgan fingerprint density at radius 3 is 0.905 bits per heavy atom. The van der Waals surface area contributed by atoms with Crippen molar-refractivity contribution >= 4 is 17.9 Å². The first kappa shape index (κ1) is 70.8. The molecule has 0 saturated carbocycles. The first-order chi connectivity index (χ1) is 36.5. The third-order valence-electron chi connectivity index (χ3n) is 13.9. The van der Waals surface area contributed by atoms with E-state index >= 15 is 0 Å². The topological polar surface area (TPSA) is 78.9 Å². The van der Waals surface area contributed by atoms with Crippen LogP contribution >= 0.6 is 0 Å². The van der Waals surface area contributed by atoms with Crippen molar-refractivity contribution < 1.29 is 28.6 Å². The standard InChI is InChI=1S/C68H120O6/c1-4-7-10-13-16-19-22-24-25-26-27-28-29-30-31-32-33-34-35-36-37-38-39-40-41-42-43-45-46-49-52-55-58-61-67(70)73-64-65(63-72-66(69)60-57-54-51-48-21-18-15-12-9-6-3)74-68(71)62-59-56-53-50-47-44-23-20-17-14-11-8-5-2/h8,11-12,15,17,20,22,24,26-27,44,47,65H,4-7,9-10,13-14,16,18-19,21,23,25,28-43,45-46,48-64H2,1-3H3/b11-8-,15-12-,20-17-,24-22-,27-26-,47-44-. The van der Waals surface area contributed by atoms with E-state index in [1.807, 2.05) is 0 Å². The molecule has 0 heterocycles. The molecule has 0 N–H and O–H groups in total. The molecule has 0 aliphatic carbocycles. The summed E-state index contributed by atoms with van der Waals surface area (Å²) in [4.78, 5) is 38.1. The maximum absolute atomic E-state index is 12.8. The van der Waals surface area contributed by atoms with E-state index in [4.69, 9.17) is 14.2 Å². The van der Waals surface area contributed by atoms with Gasteiger partial charge in [0.1, 0.15) is 13.2 Å². The Kier molecular flexibility index (Phi) is 59.7. The van der Waals surface area contributed by atoms with Crippen LogP contribution in [-0.4, -0.2) is 37.2 Å². The lowest BCUT2D eigenvalue weighted by atomic mass is 10.0. The molecule has 6 nitrogen and oxygen atoms in total. The summed E-state index contributed by atoms with van der Waals surface area (Å²) in [6, 6.07) is 0. The monoisotopic (exact) mass is 1030 g/mol. The Balaban J connectivity index is 4.04. The Hall–Kier alpha value is -3.15. The number of hydrogen-bond donors (Lipinski definition) is 0. The van der Waals surface area contributed by atoms with E-state index in [0.29, 0.717) is 19.3 Å². The molecule has 0 aliphatic rings. The molecule has 0 rings (SSSR count). The van der Waals surface area contributed by atoms with Gasteiger partial charge in [-0.3, -0.25) is 14.4 Å². The second-order valence-corrected chi connectivity index (χ2v) is 21.3. The predicted molar refractivity (Wildman–Crippen MR) is 321 cm³/mol. The van der Waals surface area contributed by atoms with Gasteiger partial charge in [-0.15, -0.1) is 0 Å². The quantitative estimate of drug-likeness (QED) is 0.0261. The zero-order chi connectivity index (χ0) is 53.6. The van der Waals surface area contributed by atoms with Gasteiger partial charge >= 0.3 is 17.9 Å². The fourth-order valence-corrected chi connectivity index (χ4v) is 9.14. The molecule has 0 aromatic heterocycles. The molecule has 0 radical (unpaired) electrons. The number of allylic oxidation sites excluding steroid dienone is 12. The van der Waals surface area contributed by atoms with Gasteiger partial charge in [-0.2, -0.15) is 0 Å². The van der Waals surface area contributed by atoms with Crippen molar-refractivity contribution in [3.05, 3.63) is 72.9 Å². The van der Waals surface area contributed by atoms with Crippen LogP contribution in [0, 0.1) is 0 Å². The van der Waals surface area contributed by atoms with Gasteiger partial charge in [0.25, 0.3) is 0 Å². The second kappa shape index (κ2) is 62.4. The molecule has 0 aliphatic heterocycles. The molecule has 74 heavy (non-hydrogen) atoms. The van der Waals surface area contributed by atoms with Crippen LogP contribution < -0.4 is 0 Å². The number of ether oxygens (including phenoxy) is 3. The van der Waals surface area contributed by atoms with Crippen LogP contribution in [-0.2, 0) is 28.6 Å². The van der Waals surface area contributed by atoms with Crippen molar-refractivity contribution in [2.24, 2.45) is 0 Å². The van der Waals surface area contributed by atoms with Crippen molar-refractivity contribution in [3.8, 4) is 0 Å². The first-order valence-electron chi connectivity index (χ1n) is 31.9. The average Bonchev–Trinajstić information content (AvgIpc) is 3.40. The third-order valence-corrected chi connectivity index (χ3v) is 13.9. The van der Waals surface area contributed by atoms with Gasteiger partial charge in [0.05, 0.1) is 0 Å². The maximum atomic E-state index is 12.8. The summed E-state index contributed by atoms with van der Waals surface area (Å²) < 4.78 is 16.8. The summed E-state index contributed by atoms with van der Waals surface area (Å²) in [6.45, 7) is 6.44. The Labute approximate surface area is 459 Å². The maximum Gasteiger partial charge on any atom is 0.306 e. The van der Waals surface area contributed by atoms with Crippen LogP contribution in [0.1, 0.15) is 323 Å². The Morgan fingerprint density at radius 2 is 0.554 bits per heavy atom. The van der Waals surface area contributed by atoms with E-state index in [9.17, 15) is 14.4 Å². The lowest BCUT2D eigenvalue weighted by Crippen LogP contribution is -2.30. The van der Waals surface area contributed by atoms with Crippen molar-refractivity contribution in [1.29, 1.82) is 0 Å². The van der Waals surface area contributed by atoms with E-state index in [1.165, 1.54) is 180 Å². The number of carbonyl (C=O) groups excluding carboxylic acids is 3.